The summed E-state index contributed by atoms with van der Waals surface area (Å²) in [5.41, 5.74) is 1.42. The van der Waals surface area contributed by atoms with E-state index in [-0.39, 0.29) is 5.91 Å². The van der Waals surface area contributed by atoms with Crippen molar-refractivity contribution in [2.24, 2.45) is 5.41 Å². The third-order valence-electron chi connectivity index (χ3n) is 3.81. The van der Waals surface area contributed by atoms with Crippen molar-refractivity contribution in [2.45, 2.75) is 59.0 Å². The zero-order valence-corrected chi connectivity index (χ0v) is 12.9. The molecule has 1 amide bonds. The van der Waals surface area contributed by atoms with Gasteiger partial charge >= 0.3 is 0 Å². The van der Waals surface area contributed by atoms with Crippen LogP contribution in [0.2, 0.25) is 0 Å². The first-order valence-electron chi connectivity index (χ1n) is 7.04. The van der Waals surface area contributed by atoms with Crippen molar-refractivity contribution in [1.29, 1.82) is 0 Å². The van der Waals surface area contributed by atoms with Gasteiger partial charge in [-0.25, -0.2) is 0 Å². The van der Waals surface area contributed by atoms with Gasteiger partial charge in [-0.1, -0.05) is 20.3 Å². The predicted molar refractivity (Wildman–Crippen MR) is 81.5 cm³/mol. The minimum atomic E-state index is -0.00144. The molecule has 3 nitrogen and oxygen atoms in total. The number of hydrogen-bond donors (Lipinski definition) is 2. The van der Waals surface area contributed by atoms with E-state index in [1.807, 2.05) is 11.4 Å². The SMILES string of the molecule is CC(=O)Nc1ccsc1CNC1CCCC(C)(C)C1. The first-order valence-corrected chi connectivity index (χ1v) is 7.91. The lowest BCUT2D eigenvalue weighted by molar-refractivity contribution is -0.114. The summed E-state index contributed by atoms with van der Waals surface area (Å²) in [6, 6.07) is 2.59. The summed E-state index contributed by atoms with van der Waals surface area (Å²) < 4.78 is 0. The molecular weight excluding hydrogens is 256 g/mol. The molecule has 1 saturated carbocycles. The molecule has 1 heterocycles. The van der Waals surface area contributed by atoms with Crippen molar-refractivity contribution in [2.75, 3.05) is 5.32 Å². The van der Waals surface area contributed by atoms with Crippen LogP contribution in [0.1, 0.15) is 51.3 Å². The molecule has 0 radical (unpaired) electrons. The standard InChI is InChI=1S/C15H24N2OS/c1-11(18)17-13-6-8-19-14(13)10-16-12-5-4-7-15(2,3)9-12/h6,8,12,16H,4-5,7,9-10H2,1-3H3,(H,17,18). The van der Waals surface area contributed by atoms with Crippen LogP contribution >= 0.6 is 11.3 Å². The van der Waals surface area contributed by atoms with Crippen LogP contribution < -0.4 is 10.6 Å². The molecule has 0 aromatic carbocycles. The van der Waals surface area contributed by atoms with E-state index in [4.69, 9.17) is 0 Å². The summed E-state index contributed by atoms with van der Waals surface area (Å²) >= 11 is 1.70. The van der Waals surface area contributed by atoms with Crippen LogP contribution in [0, 0.1) is 5.41 Å². The smallest absolute Gasteiger partial charge is 0.221 e. The lowest BCUT2D eigenvalue weighted by Gasteiger charge is -2.35. The number of hydrogen-bond acceptors (Lipinski definition) is 3. The maximum atomic E-state index is 11.1. The van der Waals surface area contributed by atoms with Gasteiger partial charge in [0.25, 0.3) is 0 Å². The Labute approximate surface area is 119 Å². The Bertz CT molecular complexity index is 439. The second-order valence-corrected chi connectivity index (χ2v) is 7.28. The maximum Gasteiger partial charge on any atom is 0.221 e. The average molecular weight is 280 g/mol. The van der Waals surface area contributed by atoms with E-state index in [0.717, 1.165) is 12.2 Å². The molecule has 0 aliphatic heterocycles. The van der Waals surface area contributed by atoms with Crippen molar-refractivity contribution in [1.82, 2.24) is 5.32 Å². The fraction of sp³-hybridized carbons (Fsp3) is 0.667. The van der Waals surface area contributed by atoms with Gasteiger partial charge in [-0.3, -0.25) is 4.79 Å². The van der Waals surface area contributed by atoms with Crippen LogP contribution in [0.3, 0.4) is 0 Å². The third kappa shape index (κ3) is 4.32. The van der Waals surface area contributed by atoms with Gasteiger partial charge in [0.15, 0.2) is 0 Å². The van der Waals surface area contributed by atoms with Crippen molar-refractivity contribution in [3.05, 3.63) is 16.3 Å². The van der Waals surface area contributed by atoms with Crippen molar-refractivity contribution < 1.29 is 4.79 Å². The second kappa shape index (κ2) is 6.06. The number of thiophene rings is 1. The van der Waals surface area contributed by atoms with Crippen LogP contribution in [-0.2, 0) is 11.3 Å². The van der Waals surface area contributed by atoms with Gasteiger partial charge in [-0.05, 0) is 36.1 Å². The Kier molecular flexibility index (Phi) is 4.63. The van der Waals surface area contributed by atoms with Gasteiger partial charge in [0, 0.05) is 24.4 Å². The van der Waals surface area contributed by atoms with Gasteiger partial charge in [0.05, 0.1) is 5.69 Å². The van der Waals surface area contributed by atoms with E-state index >= 15 is 0 Å². The molecule has 0 saturated heterocycles. The van der Waals surface area contributed by atoms with Crippen LogP contribution in [0.5, 0.6) is 0 Å². The number of nitrogens with one attached hydrogen (secondary N) is 2. The predicted octanol–water partition coefficient (Wildman–Crippen LogP) is 3.76. The third-order valence-corrected chi connectivity index (χ3v) is 4.73. The Hall–Kier alpha value is -0.870. The largest absolute Gasteiger partial charge is 0.325 e. The fourth-order valence-electron chi connectivity index (χ4n) is 2.89. The minimum Gasteiger partial charge on any atom is -0.325 e. The molecular formula is C15H24N2OS. The number of anilines is 1. The highest BCUT2D eigenvalue weighted by atomic mass is 32.1. The van der Waals surface area contributed by atoms with E-state index in [1.165, 1.54) is 30.6 Å². The quantitative estimate of drug-likeness (QED) is 0.881. The Balaban J connectivity index is 1.88. The first-order chi connectivity index (χ1) is 8.96. The van der Waals surface area contributed by atoms with Gasteiger partial charge in [0.1, 0.15) is 0 Å². The molecule has 2 rings (SSSR count). The summed E-state index contributed by atoms with van der Waals surface area (Å²) in [5, 5.41) is 8.58. The molecule has 106 valence electrons. The molecule has 0 bridgehead atoms. The normalized spacial score (nSPS) is 22.2. The highest BCUT2D eigenvalue weighted by Gasteiger charge is 2.27. The lowest BCUT2D eigenvalue weighted by atomic mass is 9.75. The zero-order valence-electron chi connectivity index (χ0n) is 12.1. The van der Waals surface area contributed by atoms with E-state index in [1.54, 1.807) is 18.3 Å². The molecule has 0 spiro atoms. The zero-order chi connectivity index (χ0) is 13.9. The average Bonchev–Trinajstić information content (AvgIpc) is 2.71. The van der Waals surface area contributed by atoms with Crippen molar-refractivity contribution in [3.63, 3.8) is 0 Å². The molecule has 2 N–H and O–H groups in total. The van der Waals surface area contributed by atoms with Crippen LogP contribution in [0.4, 0.5) is 5.69 Å². The number of amides is 1. The van der Waals surface area contributed by atoms with Crippen LogP contribution in [0.25, 0.3) is 0 Å². The molecule has 19 heavy (non-hydrogen) atoms. The number of rotatable bonds is 4. The Morgan fingerprint density at radius 1 is 1.53 bits per heavy atom. The van der Waals surface area contributed by atoms with Crippen molar-refractivity contribution >= 4 is 22.9 Å². The fourth-order valence-corrected chi connectivity index (χ4v) is 3.67. The highest BCUT2D eigenvalue weighted by molar-refractivity contribution is 7.10. The second-order valence-electron chi connectivity index (χ2n) is 6.28. The maximum absolute atomic E-state index is 11.1. The number of carbonyl (C=O) groups excluding carboxylic acids is 1. The molecule has 1 aliphatic carbocycles. The summed E-state index contributed by atoms with van der Waals surface area (Å²) in [6.07, 6.45) is 5.16. The summed E-state index contributed by atoms with van der Waals surface area (Å²) in [5.74, 6) is -0.00144. The van der Waals surface area contributed by atoms with E-state index in [2.05, 4.69) is 24.5 Å². The number of carbonyl (C=O) groups is 1. The highest BCUT2D eigenvalue weighted by Crippen LogP contribution is 2.35. The molecule has 4 heteroatoms. The minimum absolute atomic E-state index is 0.00144. The summed E-state index contributed by atoms with van der Waals surface area (Å²) in [4.78, 5) is 12.3. The summed E-state index contributed by atoms with van der Waals surface area (Å²) in [6.45, 7) is 7.12. The molecule has 1 fully saturated rings. The monoisotopic (exact) mass is 280 g/mol. The molecule has 1 aromatic heterocycles. The van der Waals surface area contributed by atoms with Crippen LogP contribution in [0.15, 0.2) is 11.4 Å². The van der Waals surface area contributed by atoms with E-state index in [9.17, 15) is 4.79 Å². The Morgan fingerprint density at radius 2 is 2.32 bits per heavy atom. The topological polar surface area (TPSA) is 41.1 Å². The van der Waals surface area contributed by atoms with Gasteiger partial charge in [-0.15, -0.1) is 11.3 Å². The van der Waals surface area contributed by atoms with Gasteiger partial charge in [0.2, 0.25) is 5.91 Å². The lowest BCUT2D eigenvalue weighted by Crippen LogP contribution is -2.36. The van der Waals surface area contributed by atoms with E-state index < -0.39 is 0 Å². The van der Waals surface area contributed by atoms with E-state index in [0.29, 0.717) is 11.5 Å². The van der Waals surface area contributed by atoms with Gasteiger partial charge < -0.3 is 10.6 Å². The Morgan fingerprint density at radius 3 is 3.00 bits per heavy atom. The molecule has 1 aromatic rings. The first kappa shape index (κ1) is 14.5. The molecule has 1 aliphatic rings. The van der Waals surface area contributed by atoms with Gasteiger partial charge in [-0.2, -0.15) is 0 Å². The molecule has 1 unspecified atom stereocenters. The molecule has 1 atom stereocenters. The van der Waals surface area contributed by atoms with Crippen molar-refractivity contribution in [3.8, 4) is 0 Å². The summed E-state index contributed by atoms with van der Waals surface area (Å²) in [7, 11) is 0. The van der Waals surface area contributed by atoms with Crippen LogP contribution in [-0.4, -0.2) is 11.9 Å².